The molecule has 0 aromatic carbocycles. The van der Waals surface area contributed by atoms with Crippen molar-refractivity contribution in [1.82, 2.24) is 0 Å². The third-order valence-corrected chi connectivity index (χ3v) is 8.03. The Hall–Kier alpha value is -0.0400. The van der Waals surface area contributed by atoms with E-state index in [0.29, 0.717) is 0 Å². The van der Waals surface area contributed by atoms with Gasteiger partial charge in [-0.25, -0.2) is 0 Å². The Labute approximate surface area is 230 Å². The molecule has 0 fully saturated rings. The van der Waals surface area contributed by atoms with Crippen molar-refractivity contribution >= 4 is 0 Å². The van der Waals surface area contributed by atoms with Crippen molar-refractivity contribution in [3.63, 3.8) is 0 Å². The molecule has 0 aliphatic carbocycles. The summed E-state index contributed by atoms with van der Waals surface area (Å²) in [5, 5.41) is 0. The van der Waals surface area contributed by atoms with Crippen LogP contribution in [0.2, 0.25) is 0 Å². The van der Waals surface area contributed by atoms with Gasteiger partial charge in [0, 0.05) is 13.2 Å². The predicted molar refractivity (Wildman–Crippen MR) is 165 cm³/mol. The molecule has 0 rings (SSSR count). The first-order chi connectivity index (χ1) is 17.9. The van der Waals surface area contributed by atoms with Gasteiger partial charge in [0.1, 0.15) is 0 Å². The molecule has 0 saturated carbocycles. The summed E-state index contributed by atoms with van der Waals surface area (Å²) in [6.45, 7) is 6.59. The minimum absolute atomic E-state index is 0.995. The van der Waals surface area contributed by atoms with Crippen molar-refractivity contribution in [2.75, 3.05) is 13.2 Å². The highest BCUT2D eigenvalue weighted by Crippen LogP contribution is 2.15. The van der Waals surface area contributed by atoms with Crippen LogP contribution in [0.25, 0.3) is 0 Å². The van der Waals surface area contributed by atoms with E-state index in [-0.39, 0.29) is 0 Å². The SMILES string of the molecule is CCCCCCCCCCCCCCCCCCCCCCCCOCCCCCCCCCCC. The Bertz CT molecular complexity index is 319. The van der Waals surface area contributed by atoms with Gasteiger partial charge in [0.05, 0.1) is 0 Å². The maximum atomic E-state index is 5.84. The van der Waals surface area contributed by atoms with Crippen LogP contribution in [-0.4, -0.2) is 13.2 Å². The number of hydrogen-bond donors (Lipinski definition) is 0. The lowest BCUT2D eigenvalue weighted by Gasteiger charge is -2.05. The Kier molecular flexibility index (Phi) is 34.9. The van der Waals surface area contributed by atoms with E-state index in [1.807, 2.05) is 0 Å². The largest absolute Gasteiger partial charge is 0.381 e. The molecule has 0 spiro atoms. The molecule has 0 aromatic heterocycles. The van der Waals surface area contributed by atoms with Gasteiger partial charge in [0.25, 0.3) is 0 Å². The van der Waals surface area contributed by atoms with Crippen molar-refractivity contribution in [3.05, 3.63) is 0 Å². The third kappa shape index (κ3) is 34.0. The fourth-order valence-corrected chi connectivity index (χ4v) is 5.43. The molecule has 0 heterocycles. The van der Waals surface area contributed by atoms with E-state index in [1.165, 1.54) is 199 Å². The topological polar surface area (TPSA) is 9.23 Å². The van der Waals surface area contributed by atoms with Crippen LogP contribution in [0.5, 0.6) is 0 Å². The molecule has 218 valence electrons. The van der Waals surface area contributed by atoms with E-state index < -0.39 is 0 Å². The van der Waals surface area contributed by atoms with Crippen LogP contribution in [0, 0.1) is 0 Å². The summed E-state index contributed by atoms with van der Waals surface area (Å²) >= 11 is 0. The van der Waals surface area contributed by atoms with Crippen molar-refractivity contribution in [2.45, 2.75) is 213 Å². The second-order valence-electron chi connectivity index (χ2n) is 11.9. The smallest absolute Gasteiger partial charge is 0.0466 e. The van der Waals surface area contributed by atoms with Gasteiger partial charge in [0.2, 0.25) is 0 Å². The Morgan fingerprint density at radius 1 is 0.222 bits per heavy atom. The molecule has 0 amide bonds. The third-order valence-electron chi connectivity index (χ3n) is 8.03. The van der Waals surface area contributed by atoms with Gasteiger partial charge in [-0.3, -0.25) is 0 Å². The highest BCUT2D eigenvalue weighted by molar-refractivity contribution is 4.52. The fourth-order valence-electron chi connectivity index (χ4n) is 5.43. The monoisotopic (exact) mass is 509 g/mol. The van der Waals surface area contributed by atoms with Crippen LogP contribution in [0.3, 0.4) is 0 Å². The quantitative estimate of drug-likeness (QED) is 0.0801. The first kappa shape index (κ1) is 36.0. The molecule has 0 atom stereocenters. The summed E-state index contributed by atoms with van der Waals surface area (Å²) in [5.41, 5.74) is 0. The standard InChI is InChI=1S/C35H72O/c1-3-5-7-9-11-13-14-15-16-17-18-19-20-21-22-23-24-25-27-29-31-33-35-36-34-32-30-28-26-12-10-8-6-4-2/h3-35H2,1-2H3. The van der Waals surface area contributed by atoms with E-state index >= 15 is 0 Å². The summed E-state index contributed by atoms with van der Waals surface area (Å²) in [6, 6.07) is 0. The second-order valence-corrected chi connectivity index (χ2v) is 11.9. The fraction of sp³-hybridized carbons (Fsp3) is 1.00. The van der Waals surface area contributed by atoms with Crippen molar-refractivity contribution < 1.29 is 4.74 Å². The molecular weight excluding hydrogens is 436 g/mol. The zero-order chi connectivity index (χ0) is 26.0. The second kappa shape index (κ2) is 35.0. The van der Waals surface area contributed by atoms with E-state index in [2.05, 4.69) is 13.8 Å². The zero-order valence-electron chi connectivity index (χ0n) is 25.7. The molecule has 0 aliphatic rings. The number of hydrogen-bond acceptors (Lipinski definition) is 1. The predicted octanol–water partition coefficient (Wildman–Crippen LogP) is 13.1. The van der Waals surface area contributed by atoms with Crippen molar-refractivity contribution in [3.8, 4) is 0 Å². The number of rotatable bonds is 33. The molecule has 1 heteroatoms. The van der Waals surface area contributed by atoms with Crippen molar-refractivity contribution in [1.29, 1.82) is 0 Å². The van der Waals surface area contributed by atoms with Gasteiger partial charge in [-0.15, -0.1) is 0 Å². The van der Waals surface area contributed by atoms with E-state index in [4.69, 9.17) is 4.74 Å². The summed E-state index contributed by atoms with van der Waals surface area (Å²) in [5.74, 6) is 0. The number of unbranched alkanes of at least 4 members (excludes halogenated alkanes) is 29. The highest BCUT2D eigenvalue weighted by atomic mass is 16.5. The minimum Gasteiger partial charge on any atom is -0.381 e. The van der Waals surface area contributed by atoms with Crippen LogP contribution in [0.15, 0.2) is 0 Å². The average Bonchev–Trinajstić information content (AvgIpc) is 2.89. The molecule has 1 nitrogen and oxygen atoms in total. The molecule has 0 aliphatic heterocycles. The van der Waals surface area contributed by atoms with Crippen LogP contribution in [0.1, 0.15) is 213 Å². The molecule has 0 aromatic rings. The summed E-state index contributed by atoms with van der Waals surface area (Å²) in [4.78, 5) is 0. The highest BCUT2D eigenvalue weighted by Gasteiger charge is 1.97. The summed E-state index contributed by atoms with van der Waals surface area (Å²) in [7, 11) is 0. The average molecular weight is 509 g/mol. The zero-order valence-corrected chi connectivity index (χ0v) is 25.7. The van der Waals surface area contributed by atoms with Gasteiger partial charge in [-0.05, 0) is 12.8 Å². The van der Waals surface area contributed by atoms with Gasteiger partial charge < -0.3 is 4.74 Å². The summed E-state index contributed by atoms with van der Waals surface area (Å²) < 4.78 is 5.84. The molecule has 0 saturated heterocycles. The van der Waals surface area contributed by atoms with Crippen LogP contribution in [0.4, 0.5) is 0 Å². The lowest BCUT2D eigenvalue weighted by molar-refractivity contribution is 0.125. The van der Waals surface area contributed by atoms with Gasteiger partial charge in [-0.1, -0.05) is 200 Å². The lowest BCUT2D eigenvalue weighted by Crippen LogP contribution is -1.97. The van der Waals surface area contributed by atoms with Crippen LogP contribution < -0.4 is 0 Å². The van der Waals surface area contributed by atoms with E-state index in [1.54, 1.807) is 0 Å². The molecule has 36 heavy (non-hydrogen) atoms. The minimum atomic E-state index is 0.995. The first-order valence-corrected chi connectivity index (χ1v) is 17.5. The van der Waals surface area contributed by atoms with Gasteiger partial charge >= 0.3 is 0 Å². The maximum Gasteiger partial charge on any atom is 0.0466 e. The molecule has 0 bridgehead atoms. The summed E-state index contributed by atoms with van der Waals surface area (Å²) in [6.07, 6.45) is 44.6. The molecule has 0 radical (unpaired) electrons. The van der Waals surface area contributed by atoms with E-state index in [9.17, 15) is 0 Å². The molecule has 0 N–H and O–H groups in total. The lowest BCUT2D eigenvalue weighted by atomic mass is 10.0. The molecule has 0 unspecified atom stereocenters. The van der Waals surface area contributed by atoms with Crippen LogP contribution in [-0.2, 0) is 4.74 Å². The molecular formula is C35H72O. The Balaban J connectivity index is 3.00. The van der Waals surface area contributed by atoms with Gasteiger partial charge in [-0.2, -0.15) is 0 Å². The van der Waals surface area contributed by atoms with Gasteiger partial charge in [0.15, 0.2) is 0 Å². The van der Waals surface area contributed by atoms with Crippen molar-refractivity contribution in [2.24, 2.45) is 0 Å². The Morgan fingerprint density at radius 3 is 0.583 bits per heavy atom. The first-order valence-electron chi connectivity index (χ1n) is 17.5. The van der Waals surface area contributed by atoms with Crippen LogP contribution >= 0.6 is 0 Å². The van der Waals surface area contributed by atoms with E-state index in [0.717, 1.165) is 13.2 Å². The maximum absolute atomic E-state index is 5.84. The normalized spacial score (nSPS) is 11.5. The Morgan fingerprint density at radius 2 is 0.389 bits per heavy atom. The number of ether oxygens (including phenoxy) is 1.